The van der Waals surface area contributed by atoms with Crippen molar-refractivity contribution in [2.45, 2.75) is 23.8 Å². The summed E-state index contributed by atoms with van der Waals surface area (Å²) in [5, 5.41) is 9.05. The highest BCUT2D eigenvalue weighted by molar-refractivity contribution is 7.89. The quantitative estimate of drug-likeness (QED) is 0.889. The smallest absolute Gasteiger partial charge is 0.322 e. The molecule has 1 saturated heterocycles. The minimum absolute atomic E-state index is 0.0847. The normalized spacial score (nSPS) is 20.4. The second-order valence-electron chi connectivity index (χ2n) is 4.29. The summed E-state index contributed by atoms with van der Waals surface area (Å²) in [5.41, 5.74) is 0. The molecule has 0 unspecified atom stereocenters. The predicted molar refractivity (Wildman–Crippen MR) is 67.5 cm³/mol. The predicted octanol–water partition coefficient (Wildman–Crippen LogP) is 0.933. The monoisotopic (exact) mass is 285 g/mol. The van der Waals surface area contributed by atoms with Gasteiger partial charge in [-0.1, -0.05) is 0 Å². The van der Waals surface area contributed by atoms with Crippen LogP contribution in [0.15, 0.2) is 29.2 Å². The van der Waals surface area contributed by atoms with E-state index >= 15 is 0 Å². The van der Waals surface area contributed by atoms with E-state index in [0.717, 1.165) is 4.31 Å². The number of aliphatic carboxylic acids is 1. The van der Waals surface area contributed by atoms with Crippen molar-refractivity contribution in [1.29, 1.82) is 0 Å². The van der Waals surface area contributed by atoms with Crippen LogP contribution in [0.3, 0.4) is 0 Å². The lowest BCUT2D eigenvalue weighted by molar-refractivity contribution is -0.140. The first kappa shape index (κ1) is 13.8. The van der Waals surface area contributed by atoms with Crippen molar-refractivity contribution in [3.63, 3.8) is 0 Å². The van der Waals surface area contributed by atoms with Crippen LogP contribution in [0.1, 0.15) is 12.8 Å². The Hall–Kier alpha value is -1.60. The fraction of sp³-hybridized carbons (Fsp3) is 0.417. The molecule has 0 aliphatic carbocycles. The van der Waals surface area contributed by atoms with Gasteiger partial charge in [0.05, 0.1) is 12.0 Å². The third-order valence-corrected chi connectivity index (χ3v) is 5.08. The van der Waals surface area contributed by atoms with E-state index in [1.807, 2.05) is 0 Å². The van der Waals surface area contributed by atoms with Crippen molar-refractivity contribution < 1.29 is 23.1 Å². The number of rotatable bonds is 4. The lowest BCUT2D eigenvalue weighted by Gasteiger charge is -2.20. The summed E-state index contributed by atoms with van der Waals surface area (Å²) in [5.74, 6) is -0.551. The number of sulfonamides is 1. The van der Waals surface area contributed by atoms with Crippen LogP contribution in [0.25, 0.3) is 0 Å². The van der Waals surface area contributed by atoms with E-state index in [4.69, 9.17) is 9.84 Å². The van der Waals surface area contributed by atoms with Gasteiger partial charge >= 0.3 is 5.97 Å². The molecule has 1 aromatic rings. The Labute approximate surface area is 111 Å². The van der Waals surface area contributed by atoms with Gasteiger partial charge in [-0.25, -0.2) is 8.42 Å². The van der Waals surface area contributed by atoms with Crippen molar-refractivity contribution in [3.05, 3.63) is 24.3 Å². The average molecular weight is 285 g/mol. The molecule has 1 fully saturated rings. The first-order chi connectivity index (χ1) is 8.96. The molecule has 104 valence electrons. The summed E-state index contributed by atoms with van der Waals surface area (Å²) in [6, 6.07) is 4.96. The number of methoxy groups -OCH3 is 1. The minimum atomic E-state index is -3.76. The average Bonchev–Trinajstić information content (AvgIpc) is 2.89. The van der Waals surface area contributed by atoms with E-state index < -0.39 is 22.0 Å². The van der Waals surface area contributed by atoms with Gasteiger partial charge in [-0.2, -0.15) is 4.31 Å². The lowest BCUT2D eigenvalue weighted by Crippen LogP contribution is -2.40. The van der Waals surface area contributed by atoms with Crippen LogP contribution in [0.2, 0.25) is 0 Å². The van der Waals surface area contributed by atoms with Crippen molar-refractivity contribution in [2.75, 3.05) is 13.7 Å². The number of hydrogen-bond acceptors (Lipinski definition) is 4. The topological polar surface area (TPSA) is 83.9 Å². The molecule has 7 heteroatoms. The Kier molecular flexibility index (Phi) is 3.77. The summed E-state index contributed by atoms with van der Waals surface area (Å²) in [7, 11) is -2.27. The van der Waals surface area contributed by atoms with Crippen molar-refractivity contribution in [2.24, 2.45) is 0 Å². The van der Waals surface area contributed by atoms with Crippen LogP contribution >= 0.6 is 0 Å². The van der Waals surface area contributed by atoms with Gasteiger partial charge in [0, 0.05) is 6.54 Å². The van der Waals surface area contributed by atoms with Crippen LogP contribution in [0, 0.1) is 0 Å². The second kappa shape index (κ2) is 5.18. The molecule has 6 nitrogen and oxygen atoms in total. The molecule has 0 bridgehead atoms. The minimum Gasteiger partial charge on any atom is -0.497 e. The van der Waals surface area contributed by atoms with Gasteiger partial charge in [-0.05, 0) is 37.1 Å². The molecule has 1 aromatic carbocycles. The summed E-state index contributed by atoms with van der Waals surface area (Å²) in [4.78, 5) is 11.1. The molecular formula is C12H15NO5S. The van der Waals surface area contributed by atoms with Crippen molar-refractivity contribution >= 4 is 16.0 Å². The van der Waals surface area contributed by atoms with Gasteiger partial charge in [0.15, 0.2) is 0 Å². The fourth-order valence-corrected chi connectivity index (χ4v) is 3.81. The van der Waals surface area contributed by atoms with E-state index in [-0.39, 0.29) is 11.4 Å². The highest BCUT2D eigenvalue weighted by atomic mass is 32.2. The summed E-state index contributed by atoms with van der Waals surface area (Å²) in [6.07, 6.45) is 0.914. The molecule has 1 atom stereocenters. The maximum absolute atomic E-state index is 12.4. The Balaban J connectivity index is 2.33. The Morgan fingerprint density at radius 1 is 1.37 bits per heavy atom. The Morgan fingerprint density at radius 2 is 2.00 bits per heavy atom. The van der Waals surface area contributed by atoms with Gasteiger partial charge in [0.25, 0.3) is 0 Å². The third kappa shape index (κ3) is 2.57. The number of ether oxygens (including phenoxy) is 1. The van der Waals surface area contributed by atoms with Gasteiger partial charge < -0.3 is 9.84 Å². The first-order valence-corrected chi connectivity index (χ1v) is 7.29. The first-order valence-electron chi connectivity index (χ1n) is 5.85. The molecule has 0 radical (unpaired) electrons. The standard InChI is InChI=1S/C12H15NO5S/c1-18-9-4-6-10(7-5-9)19(16,17)13-8-2-3-11(13)12(14)15/h4-7,11H,2-3,8H2,1H3,(H,14,15)/t11-/m1/s1. The molecule has 19 heavy (non-hydrogen) atoms. The highest BCUT2D eigenvalue weighted by Gasteiger charge is 2.39. The molecule has 0 aromatic heterocycles. The fourth-order valence-electron chi connectivity index (χ4n) is 2.16. The maximum Gasteiger partial charge on any atom is 0.322 e. The van der Waals surface area contributed by atoms with Crippen molar-refractivity contribution in [1.82, 2.24) is 4.31 Å². The number of carbonyl (C=O) groups is 1. The molecule has 0 spiro atoms. The molecule has 1 heterocycles. The van der Waals surface area contributed by atoms with Crippen molar-refractivity contribution in [3.8, 4) is 5.75 Å². The summed E-state index contributed by atoms with van der Waals surface area (Å²) in [6.45, 7) is 0.241. The number of carboxylic acid groups (broad SMARTS) is 1. The largest absolute Gasteiger partial charge is 0.497 e. The van der Waals surface area contributed by atoms with Crippen LogP contribution < -0.4 is 4.74 Å². The number of hydrogen-bond donors (Lipinski definition) is 1. The van der Waals surface area contributed by atoms with E-state index in [0.29, 0.717) is 18.6 Å². The second-order valence-corrected chi connectivity index (χ2v) is 6.18. The summed E-state index contributed by atoms with van der Waals surface area (Å²) < 4.78 is 30.8. The lowest BCUT2D eigenvalue weighted by atomic mass is 10.2. The molecule has 0 amide bonds. The molecule has 2 rings (SSSR count). The number of nitrogens with zero attached hydrogens (tertiary/aromatic N) is 1. The molecule has 1 aliphatic heterocycles. The Morgan fingerprint density at radius 3 is 2.53 bits per heavy atom. The number of carboxylic acids is 1. The van der Waals surface area contributed by atoms with Crippen LogP contribution in [0.5, 0.6) is 5.75 Å². The van der Waals surface area contributed by atoms with Crippen LogP contribution in [-0.2, 0) is 14.8 Å². The molecule has 1 N–H and O–H groups in total. The van der Waals surface area contributed by atoms with Gasteiger partial charge in [-0.3, -0.25) is 4.79 Å². The zero-order valence-corrected chi connectivity index (χ0v) is 11.3. The van der Waals surface area contributed by atoms with E-state index in [1.165, 1.54) is 19.2 Å². The molecule has 1 aliphatic rings. The van der Waals surface area contributed by atoms with Crippen LogP contribution in [0.4, 0.5) is 0 Å². The van der Waals surface area contributed by atoms with Gasteiger partial charge in [-0.15, -0.1) is 0 Å². The molecule has 0 saturated carbocycles. The van der Waals surface area contributed by atoms with E-state index in [1.54, 1.807) is 12.1 Å². The molecular weight excluding hydrogens is 270 g/mol. The van der Waals surface area contributed by atoms with Gasteiger partial charge in [0.2, 0.25) is 10.0 Å². The highest BCUT2D eigenvalue weighted by Crippen LogP contribution is 2.27. The Bertz CT molecular complexity index is 566. The SMILES string of the molecule is COc1ccc(S(=O)(=O)N2CCC[C@@H]2C(=O)O)cc1. The summed E-state index contributed by atoms with van der Waals surface area (Å²) >= 11 is 0. The zero-order chi connectivity index (χ0) is 14.0. The van der Waals surface area contributed by atoms with Crippen LogP contribution in [-0.4, -0.2) is 43.5 Å². The van der Waals surface area contributed by atoms with Gasteiger partial charge in [0.1, 0.15) is 11.8 Å². The third-order valence-electron chi connectivity index (χ3n) is 3.15. The van der Waals surface area contributed by atoms with E-state index in [9.17, 15) is 13.2 Å². The maximum atomic E-state index is 12.4. The number of benzene rings is 1. The van der Waals surface area contributed by atoms with E-state index in [2.05, 4.69) is 0 Å². The zero-order valence-electron chi connectivity index (χ0n) is 10.4.